The summed E-state index contributed by atoms with van der Waals surface area (Å²) in [5.41, 5.74) is 1.09. The van der Waals surface area contributed by atoms with Crippen LogP contribution in [-0.2, 0) is 14.3 Å². The lowest BCUT2D eigenvalue weighted by Gasteiger charge is -2.26. The van der Waals surface area contributed by atoms with Gasteiger partial charge >= 0.3 is 6.09 Å². The Morgan fingerprint density at radius 2 is 1.76 bits per heavy atom. The van der Waals surface area contributed by atoms with Crippen LogP contribution in [0.1, 0.15) is 38.8 Å². The molecule has 1 unspecified atom stereocenters. The molecule has 29 heavy (non-hydrogen) atoms. The molecule has 8 heteroatoms. The van der Waals surface area contributed by atoms with E-state index in [-0.39, 0.29) is 18.6 Å². The largest absolute Gasteiger partial charge is 0.484 e. The summed E-state index contributed by atoms with van der Waals surface area (Å²) >= 11 is 0. The molecule has 0 bridgehead atoms. The fourth-order valence-corrected chi connectivity index (χ4v) is 2.55. The van der Waals surface area contributed by atoms with Crippen LogP contribution in [-0.4, -0.2) is 70.0 Å². The van der Waals surface area contributed by atoms with Gasteiger partial charge in [0.1, 0.15) is 5.75 Å². The average Bonchev–Trinajstić information content (AvgIpc) is 2.76. The van der Waals surface area contributed by atoms with E-state index in [1.165, 1.54) is 13.5 Å². The SMILES string of the molecule is CCC.COC(=O)NCCNC(C)c1ccc(OCC(=O)N2CCOCC2)cc1. The minimum Gasteiger partial charge on any atom is -0.484 e. The molecule has 1 saturated heterocycles. The van der Waals surface area contributed by atoms with E-state index >= 15 is 0 Å². The summed E-state index contributed by atoms with van der Waals surface area (Å²) in [5, 5.41) is 5.92. The number of rotatable bonds is 8. The monoisotopic (exact) mass is 409 g/mol. The number of benzene rings is 1. The third-order valence-electron chi connectivity index (χ3n) is 4.14. The van der Waals surface area contributed by atoms with Gasteiger partial charge in [-0.1, -0.05) is 32.4 Å². The number of nitrogens with one attached hydrogen (secondary N) is 2. The van der Waals surface area contributed by atoms with Gasteiger partial charge < -0.3 is 29.7 Å². The van der Waals surface area contributed by atoms with Crippen LogP contribution in [0.4, 0.5) is 4.79 Å². The first-order valence-electron chi connectivity index (χ1n) is 10.1. The van der Waals surface area contributed by atoms with Crippen molar-refractivity contribution in [3.8, 4) is 5.75 Å². The van der Waals surface area contributed by atoms with Gasteiger partial charge in [-0.3, -0.25) is 4.79 Å². The van der Waals surface area contributed by atoms with Crippen LogP contribution in [0.2, 0.25) is 0 Å². The van der Waals surface area contributed by atoms with Crippen molar-refractivity contribution in [2.24, 2.45) is 0 Å². The van der Waals surface area contributed by atoms with Crippen LogP contribution < -0.4 is 15.4 Å². The summed E-state index contributed by atoms with van der Waals surface area (Å²) in [6.45, 7) is 9.85. The molecule has 1 atom stereocenters. The standard InChI is InChI=1S/C18H27N3O5.C3H8/c1-14(19-7-8-20-18(23)24-2)15-3-5-16(6-4-15)26-13-17(22)21-9-11-25-12-10-21;1-3-2/h3-6,14,19H,7-13H2,1-2H3,(H,20,23);3H2,1-2H3. The van der Waals surface area contributed by atoms with Gasteiger partial charge in [0.15, 0.2) is 6.61 Å². The molecular weight excluding hydrogens is 374 g/mol. The van der Waals surface area contributed by atoms with Crippen LogP contribution in [0, 0.1) is 0 Å². The first kappa shape index (κ1) is 24.7. The molecule has 1 fully saturated rings. The van der Waals surface area contributed by atoms with Gasteiger partial charge in [0.25, 0.3) is 5.91 Å². The van der Waals surface area contributed by atoms with Gasteiger partial charge in [-0.05, 0) is 24.6 Å². The number of hydrogen-bond donors (Lipinski definition) is 2. The molecule has 1 aromatic carbocycles. The van der Waals surface area contributed by atoms with Gasteiger partial charge in [-0.2, -0.15) is 0 Å². The zero-order valence-corrected chi connectivity index (χ0v) is 18.0. The highest BCUT2D eigenvalue weighted by molar-refractivity contribution is 5.77. The normalized spacial score (nSPS) is 14.3. The molecule has 0 spiro atoms. The number of carbonyl (C=O) groups excluding carboxylic acids is 2. The van der Waals surface area contributed by atoms with Crippen molar-refractivity contribution < 1.29 is 23.8 Å². The third kappa shape index (κ3) is 10.1. The Kier molecular flexibility index (Phi) is 12.5. The van der Waals surface area contributed by atoms with E-state index in [0.717, 1.165) is 5.56 Å². The highest BCUT2D eigenvalue weighted by Crippen LogP contribution is 2.17. The maximum atomic E-state index is 12.1. The Balaban J connectivity index is 0.00000132. The number of amides is 2. The maximum absolute atomic E-state index is 12.1. The number of carbonyl (C=O) groups is 2. The zero-order chi connectivity index (χ0) is 21.5. The molecule has 0 aromatic heterocycles. The van der Waals surface area contributed by atoms with Crippen molar-refractivity contribution >= 4 is 12.0 Å². The fourth-order valence-electron chi connectivity index (χ4n) is 2.55. The minimum atomic E-state index is -0.437. The second kappa shape index (κ2) is 14.6. The number of morpholine rings is 1. The smallest absolute Gasteiger partial charge is 0.406 e. The van der Waals surface area contributed by atoms with E-state index in [1.807, 2.05) is 31.2 Å². The van der Waals surface area contributed by atoms with Crippen molar-refractivity contribution in [3.05, 3.63) is 29.8 Å². The molecule has 2 N–H and O–H groups in total. The van der Waals surface area contributed by atoms with Crippen LogP contribution >= 0.6 is 0 Å². The summed E-state index contributed by atoms with van der Waals surface area (Å²) in [6.07, 6.45) is 0.813. The molecule has 1 aliphatic rings. The number of alkyl carbamates (subject to hydrolysis) is 1. The molecule has 2 amide bonds. The Morgan fingerprint density at radius 1 is 1.14 bits per heavy atom. The molecule has 1 aliphatic heterocycles. The number of hydrogen-bond acceptors (Lipinski definition) is 6. The first-order chi connectivity index (χ1) is 14.0. The number of methoxy groups -OCH3 is 1. The molecule has 0 saturated carbocycles. The van der Waals surface area contributed by atoms with Crippen molar-refractivity contribution in [3.63, 3.8) is 0 Å². The molecule has 1 aromatic rings. The van der Waals surface area contributed by atoms with Crippen molar-refractivity contribution in [1.82, 2.24) is 15.5 Å². The molecule has 0 aliphatic carbocycles. The highest BCUT2D eigenvalue weighted by Gasteiger charge is 2.17. The summed E-state index contributed by atoms with van der Waals surface area (Å²) in [5.74, 6) is 0.639. The number of nitrogens with zero attached hydrogens (tertiary/aromatic N) is 1. The quantitative estimate of drug-likeness (QED) is 0.641. The second-order valence-electron chi connectivity index (χ2n) is 6.65. The summed E-state index contributed by atoms with van der Waals surface area (Å²) in [7, 11) is 1.34. The van der Waals surface area contributed by atoms with E-state index in [4.69, 9.17) is 9.47 Å². The Hall–Kier alpha value is -2.32. The van der Waals surface area contributed by atoms with E-state index < -0.39 is 6.09 Å². The molecule has 8 nitrogen and oxygen atoms in total. The van der Waals surface area contributed by atoms with Crippen LogP contribution in [0.15, 0.2) is 24.3 Å². The van der Waals surface area contributed by atoms with Gasteiger partial charge in [-0.15, -0.1) is 0 Å². The van der Waals surface area contributed by atoms with E-state index in [1.54, 1.807) is 4.90 Å². The van der Waals surface area contributed by atoms with Crippen molar-refractivity contribution in [2.75, 3.05) is 53.1 Å². The molecule has 164 valence electrons. The lowest BCUT2D eigenvalue weighted by molar-refractivity contribution is -0.137. The maximum Gasteiger partial charge on any atom is 0.406 e. The number of ether oxygens (including phenoxy) is 3. The molecular formula is C21H35N3O5. The van der Waals surface area contributed by atoms with E-state index in [2.05, 4.69) is 29.2 Å². The van der Waals surface area contributed by atoms with Gasteiger partial charge in [-0.25, -0.2) is 4.79 Å². The van der Waals surface area contributed by atoms with Gasteiger partial charge in [0, 0.05) is 32.2 Å². The fraction of sp³-hybridized carbons (Fsp3) is 0.619. The predicted octanol–water partition coefficient (Wildman–Crippen LogP) is 2.35. The van der Waals surface area contributed by atoms with Crippen LogP contribution in [0.5, 0.6) is 5.75 Å². The van der Waals surface area contributed by atoms with Gasteiger partial charge in [0.2, 0.25) is 0 Å². The zero-order valence-electron chi connectivity index (χ0n) is 18.0. The Labute approximate surface area is 173 Å². The summed E-state index contributed by atoms with van der Waals surface area (Å²) in [6, 6.07) is 7.75. The minimum absolute atomic E-state index is 0.0227. The lowest BCUT2D eigenvalue weighted by Crippen LogP contribution is -2.42. The van der Waals surface area contributed by atoms with Crippen molar-refractivity contribution in [1.29, 1.82) is 0 Å². The van der Waals surface area contributed by atoms with Gasteiger partial charge in [0.05, 0.1) is 20.3 Å². The lowest BCUT2D eigenvalue weighted by atomic mass is 10.1. The Morgan fingerprint density at radius 3 is 2.34 bits per heavy atom. The van der Waals surface area contributed by atoms with Crippen LogP contribution in [0.3, 0.4) is 0 Å². The van der Waals surface area contributed by atoms with E-state index in [0.29, 0.717) is 45.1 Å². The summed E-state index contributed by atoms with van der Waals surface area (Å²) < 4.78 is 15.3. The first-order valence-corrected chi connectivity index (χ1v) is 10.1. The summed E-state index contributed by atoms with van der Waals surface area (Å²) in [4.78, 5) is 24.8. The average molecular weight is 410 g/mol. The highest BCUT2D eigenvalue weighted by atomic mass is 16.5. The topological polar surface area (TPSA) is 89.1 Å². The van der Waals surface area contributed by atoms with Crippen LogP contribution in [0.25, 0.3) is 0 Å². The molecule has 2 rings (SSSR count). The molecule has 1 heterocycles. The van der Waals surface area contributed by atoms with Crippen molar-refractivity contribution in [2.45, 2.75) is 33.2 Å². The predicted molar refractivity (Wildman–Crippen MR) is 112 cm³/mol. The molecule has 0 radical (unpaired) electrons. The second-order valence-corrected chi connectivity index (χ2v) is 6.65. The van der Waals surface area contributed by atoms with E-state index in [9.17, 15) is 9.59 Å². The third-order valence-corrected chi connectivity index (χ3v) is 4.14. The Bertz CT molecular complexity index is 588.